The largest absolute Gasteiger partial charge is 0.508 e. The highest BCUT2D eigenvalue weighted by molar-refractivity contribution is 6.04. The van der Waals surface area contributed by atoms with Crippen molar-refractivity contribution < 1.29 is 32.9 Å². The standard InChI is InChI=1S/C32H30F3N5O4/c1-3-21-23(34)6-5-18-9-20(42)10-22(24(18)21)27-26(35)28-25(30(36-27)43-2)29(39-12-17(13-39)15-41)38-31(37-28)44-16-32-7-4-8-40(32)14-19(33)11-32/h1,5-6,9-10,17,19,41-42H,4,7-8,11-16H2,2H3/t19-,32+/m1/s1. The van der Waals surface area contributed by atoms with Crippen LogP contribution >= 0.6 is 0 Å². The van der Waals surface area contributed by atoms with E-state index < -0.39 is 23.3 Å². The number of nitrogens with zero attached hydrogens (tertiary/aromatic N) is 5. The molecular weight excluding hydrogens is 575 g/mol. The van der Waals surface area contributed by atoms with Crippen molar-refractivity contribution >= 4 is 27.5 Å². The Labute approximate surface area is 251 Å². The second-order valence-corrected chi connectivity index (χ2v) is 11.8. The van der Waals surface area contributed by atoms with Crippen LogP contribution in [0.25, 0.3) is 32.9 Å². The third-order valence-corrected chi connectivity index (χ3v) is 9.10. The van der Waals surface area contributed by atoms with Gasteiger partial charge in [-0.25, -0.2) is 18.2 Å². The lowest BCUT2D eigenvalue weighted by Gasteiger charge is -2.39. The molecule has 0 spiro atoms. The predicted molar refractivity (Wildman–Crippen MR) is 158 cm³/mol. The van der Waals surface area contributed by atoms with Crippen molar-refractivity contribution in [3.05, 3.63) is 41.5 Å². The summed E-state index contributed by atoms with van der Waals surface area (Å²) in [5.41, 5.74) is -0.959. The van der Waals surface area contributed by atoms with Gasteiger partial charge in [0, 0.05) is 49.5 Å². The molecule has 44 heavy (non-hydrogen) atoms. The van der Waals surface area contributed by atoms with E-state index in [4.69, 9.17) is 15.9 Å². The third kappa shape index (κ3) is 4.45. The lowest BCUT2D eigenvalue weighted by Crippen LogP contribution is -2.49. The van der Waals surface area contributed by atoms with E-state index >= 15 is 4.39 Å². The number of methoxy groups -OCH3 is 1. The van der Waals surface area contributed by atoms with Gasteiger partial charge in [-0.3, -0.25) is 4.90 Å². The minimum atomic E-state index is -0.950. The summed E-state index contributed by atoms with van der Waals surface area (Å²) in [7, 11) is 1.37. The number of halogens is 3. The van der Waals surface area contributed by atoms with Crippen molar-refractivity contribution in [3.63, 3.8) is 0 Å². The van der Waals surface area contributed by atoms with Crippen LogP contribution < -0.4 is 14.4 Å². The van der Waals surface area contributed by atoms with Crippen LogP contribution in [0.2, 0.25) is 0 Å². The summed E-state index contributed by atoms with van der Waals surface area (Å²) in [4.78, 5) is 17.5. The topological polar surface area (TPSA) is 104 Å². The van der Waals surface area contributed by atoms with Crippen LogP contribution in [0.1, 0.15) is 24.8 Å². The third-order valence-electron chi connectivity index (χ3n) is 9.10. The van der Waals surface area contributed by atoms with Gasteiger partial charge in [0.15, 0.2) is 5.82 Å². The Bertz CT molecular complexity index is 1840. The molecule has 228 valence electrons. The maximum atomic E-state index is 16.8. The molecule has 3 fully saturated rings. The molecule has 2 atom stereocenters. The number of anilines is 1. The van der Waals surface area contributed by atoms with Gasteiger partial charge in [0.1, 0.15) is 46.8 Å². The molecule has 7 rings (SSSR count). The first kappa shape index (κ1) is 28.4. The Morgan fingerprint density at radius 1 is 1.14 bits per heavy atom. The SMILES string of the molecule is C#Cc1c(F)ccc2cc(O)cc(-c3nc(OC)c4c(N5CC(CO)C5)nc(OC[C@@]56CCCN5C[C@H](F)C6)nc4c3F)c12. The normalized spacial score (nSPS) is 21.9. The average molecular weight is 606 g/mol. The molecule has 5 heterocycles. The predicted octanol–water partition coefficient (Wildman–Crippen LogP) is 4.20. The number of fused-ring (bicyclic) bond motifs is 3. The molecule has 0 aliphatic carbocycles. The maximum absolute atomic E-state index is 16.8. The zero-order valence-corrected chi connectivity index (χ0v) is 24.0. The van der Waals surface area contributed by atoms with E-state index in [2.05, 4.69) is 25.8 Å². The van der Waals surface area contributed by atoms with Crippen LogP contribution in [0.15, 0.2) is 24.3 Å². The summed E-state index contributed by atoms with van der Waals surface area (Å²) in [6.45, 7) is 2.16. The first-order chi connectivity index (χ1) is 21.2. The Hall–Kier alpha value is -4.34. The zero-order chi connectivity index (χ0) is 30.7. The van der Waals surface area contributed by atoms with Crippen molar-refractivity contribution in [3.8, 4) is 41.2 Å². The van der Waals surface area contributed by atoms with Gasteiger partial charge in [-0.2, -0.15) is 9.97 Å². The minimum absolute atomic E-state index is 0.00261. The van der Waals surface area contributed by atoms with Crippen LogP contribution in [0, 0.1) is 29.9 Å². The summed E-state index contributed by atoms with van der Waals surface area (Å²) in [6.07, 6.45) is 6.74. The van der Waals surface area contributed by atoms with E-state index in [9.17, 15) is 19.0 Å². The van der Waals surface area contributed by atoms with Crippen molar-refractivity contribution in [2.24, 2.45) is 5.92 Å². The number of hydrogen-bond donors (Lipinski definition) is 2. The quantitative estimate of drug-likeness (QED) is 0.300. The van der Waals surface area contributed by atoms with Gasteiger partial charge in [0.25, 0.3) is 0 Å². The molecule has 2 aromatic carbocycles. The monoisotopic (exact) mass is 605 g/mol. The molecular formula is C32H30F3N5O4. The number of terminal acetylenes is 1. The molecule has 0 saturated carbocycles. The molecule has 12 heteroatoms. The molecule has 4 aromatic rings. The van der Waals surface area contributed by atoms with Crippen molar-refractivity contribution in [1.82, 2.24) is 19.9 Å². The van der Waals surface area contributed by atoms with E-state index in [1.54, 1.807) is 0 Å². The maximum Gasteiger partial charge on any atom is 0.319 e. The molecule has 3 saturated heterocycles. The molecule has 2 N–H and O–H groups in total. The fourth-order valence-electron chi connectivity index (χ4n) is 6.98. The van der Waals surface area contributed by atoms with E-state index in [0.717, 1.165) is 19.4 Å². The second-order valence-electron chi connectivity index (χ2n) is 11.8. The summed E-state index contributed by atoms with van der Waals surface area (Å²) in [5, 5.41) is 20.9. The molecule has 0 unspecified atom stereocenters. The summed E-state index contributed by atoms with van der Waals surface area (Å²) in [5.74, 6) is 0.897. The average Bonchev–Trinajstić information content (AvgIpc) is 3.51. The summed E-state index contributed by atoms with van der Waals surface area (Å²) >= 11 is 0. The van der Waals surface area contributed by atoms with Crippen molar-refractivity contribution in [2.75, 3.05) is 51.4 Å². The lowest BCUT2D eigenvalue weighted by molar-refractivity contribution is 0.107. The highest BCUT2D eigenvalue weighted by Crippen LogP contribution is 2.44. The van der Waals surface area contributed by atoms with Gasteiger partial charge >= 0.3 is 6.01 Å². The fraction of sp³-hybridized carbons (Fsp3) is 0.406. The number of aliphatic hydroxyl groups is 1. The number of phenolic OH excluding ortho intramolecular Hbond substituents is 1. The van der Waals surface area contributed by atoms with Crippen molar-refractivity contribution in [2.45, 2.75) is 31.0 Å². The number of phenols is 1. The van der Waals surface area contributed by atoms with Crippen LogP contribution in [0.5, 0.6) is 17.6 Å². The Morgan fingerprint density at radius 3 is 2.70 bits per heavy atom. The number of alkyl halides is 1. The Morgan fingerprint density at radius 2 is 1.95 bits per heavy atom. The van der Waals surface area contributed by atoms with Crippen LogP contribution in [0.3, 0.4) is 0 Å². The molecule has 9 nitrogen and oxygen atoms in total. The molecule has 0 radical (unpaired) electrons. The van der Waals surface area contributed by atoms with E-state index in [1.165, 1.54) is 31.4 Å². The summed E-state index contributed by atoms with van der Waals surface area (Å²) in [6, 6.07) is 5.19. The highest BCUT2D eigenvalue weighted by atomic mass is 19.1. The molecule has 3 aliphatic rings. The first-order valence-corrected chi connectivity index (χ1v) is 14.5. The van der Waals surface area contributed by atoms with Gasteiger partial charge < -0.3 is 24.6 Å². The number of aromatic nitrogens is 3. The number of ether oxygens (including phenoxy) is 2. The van der Waals surface area contributed by atoms with Gasteiger partial charge in [-0.05, 0) is 43.0 Å². The van der Waals surface area contributed by atoms with Crippen LogP contribution in [-0.4, -0.2) is 88.3 Å². The van der Waals surface area contributed by atoms with Gasteiger partial charge in [0.05, 0.1) is 18.2 Å². The zero-order valence-electron chi connectivity index (χ0n) is 24.0. The molecule has 0 bridgehead atoms. The van der Waals surface area contributed by atoms with Crippen LogP contribution in [-0.2, 0) is 0 Å². The molecule has 3 aliphatic heterocycles. The number of aliphatic hydroxyl groups excluding tert-OH is 1. The van der Waals surface area contributed by atoms with Crippen LogP contribution in [0.4, 0.5) is 19.0 Å². The van der Waals surface area contributed by atoms with E-state index in [0.29, 0.717) is 37.3 Å². The van der Waals surface area contributed by atoms with Gasteiger partial charge in [-0.15, -0.1) is 6.42 Å². The summed E-state index contributed by atoms with van der Waals surface area (Å²) < 4.78 is 57.7. The molecule has 2 aromatic heterocycles. The number of aromatic hydroxyl groups is 1. The lowest BCUT2D eigenvalue weighted by atomic mass is 9.95. The number of benzene rings is 2. The fourth-order valence-corrected chi connectivity index (χ4v) is 6.98. The smallest absolute Gasteiger partial charge is 0.319 e. The number of rotatable bonds is 7. The van der Waals surface area contributed by atoms with Gasteiger partial charge in [-0.1, -0.05) is 12.0 Å². The van der Waals surface area contributed by atoms with E-state index in [-0.39, 0.29) is 69.9 Å². The van der Waals surface area contributed by atoms with Gasteiger partial charge in [0.2, 0.25) is 5.88 Å². The van der Waals surface area contributed by atoms with Crippen molar-refractivity contribution in [1.29, 1.82) is 0 Å². The number of pyridine rings is 1. The highest BCUT2D eigenvalue weighted by Gasteiger charge is 2.49. The Kier molecular flexibility index (Phi) is 6.90. The number of hydrogen-bond acceptors (Lipinski definition) is 9. The second kappa shape index (κ2) is 10.7. The van der Waals surface area contributed by atoms with E-state index in [1.807, 2.05) is 4.90 Å². The minimum Gasteiger partial charge on any atom is -0.508 e. The first-order valence-electron chi connectivity index (χ1n) is 14.5. The molecule has 0 amide bonds. The Balaban J connectivity index is 1.42.